The number of aliphatic hydroxyl groups is 2. The number of benzene rings is 2. The first-order valence-corrected chi connectivity index (χ1v) is 18.4. The number of fused-ring (bicyclic) bond motifs is 13. The zero-order valence-corrected chi connectivity index (χ0v) is 27.7. The average Bonchev–Trinajstić information content (AvgIpc) is 3.81. The van der Waals surface area contributed by atoms with E-state index in [4.69, 9.17) is 0 Å². The van der Waals surface area contributed by atoms with E-state index in [9.17, 15) is 10.2 Å². The summed E-state index contributed by atoms with van der Waals surface area (Å²) in [5.74, 6) is 0.713. The number of para-hydroxylation sites is 2. The number of hydrogen-bond donors (Lipinski definition) is 2. The Kier molecular flexibility index (Phi) is 4.20. The molecule has 4 unspecified atom stereocenters. The molecule has 0 amide bonds. The molecule has 2 aromatic carbocycles. The summed E-state index contributed by atoms with van der Waals surface area (Å²) in [6.07, 6.45) is 9.18. The van der Waals surface area contributed by atoms with Crippen molar-refractivity contribution in [3.63, 3.8) is 0 Å². The molecule has 0 aromatic heterocycles. The summed E-state index contributed by atoms with van der Waals surface area (Å²) in [5, 5.41) is 28.4. The Morgan fingerprint density at radius 3 is 1.50 bits per heavy atom. The molecule has 4 bridgehead atoms. The van der Waals surface area contributed by atoms with Gasteiger partial charge in [-0.05, 0) is 48.3 Å². The van der Waals surface area contributed by atoms with E-state index >= 15 is 0 Å². The van der Waals surface area contributed by atoms with Crippen molar-refractivity contribution in [1.29, 1.82) is 0 Å². The monoisotopic (exact) mass is 616 g/mol. The first kappa shape index (κ1) is 26.3. The van der Waals surface area contributed by atoms with E-state index in [1.54, 1.807) is 11.1 Å². The molecular formula is C40H48N4O2+2. The van der Waals surface area contributed by atoms with Crippen LogP contribution in [0.3, 0.4) is 0 Å². The Morgan fingerprint density at radius 2 is 1.09 bits per heavy atom. The van der Waals surface area contributed by atoms with Crippen LogP contribution in [0.4, 0.5) is 11.4 Å². The van der Waals surface area contributed by atoms with Crippen LogP contribution in [-0.4, -0.2) is 95.1 Å². The van der Waals surface area contributed by atoms with Gasteiger partial charge >= 0.3 is 0 Å². The predicted octanol–water partition coefficient (Wildman–Crippen LogP) is 4.27. The van der Waals surface area contributed by atoms with Gasteiger partial charge in [-0.15, -0.1) is 0 Å². The van der Waals surface area contributed by atoms with Crippen molar-refractivity contribution in [2.75, 3.05) is 50.1 Å². The van der Waals surface area contributed by atoms with Crippen LogP contribution in [0.15, 0.2) is 71.8 Å². The SMILES string of the molecule is C/C=C1/C[N@+]2(C)CC[C@@]34c5ccccc5N5C6C([C@@H]([C@H]1CC32)[C@]54O)N1c2ccccc2[C@]23CC[N@@+]4(C)C/C(=C/C)[C@H](CC24)[C@H]6[C@]13O. The minimum atomic E-state index is -0.974. The highest BCUT2D eigenvalue weighted by atomic mass is 16.3. The summed E-state index contributed by atoms with van der Waals surface area (Å²) >= 11 is 0. The Labute approximate surface area is 272 Å². The second kappa shape index (κ2) is 7.34. The van der Waals surface area contributed by atoms with Gasteiger partial charge in [0.15, 0.2) is 11.4 Å². The van der Waals surface area contributed by atoms with Gasteiger partial charge < -0.3 is 29.0 Å². The van der Waals surface area contributed by atoms with Crippen LogP contribution in [-0.2, 0) is 10.8 Å². The molecule has 8 heterocycles. The lowest BCUT2D eigenvalue weighted by Crippen LogP contribution is -2.77. The average molecular weight is 617 g/mol. The molecule has 6 saturated heterocycles. The number of piperidine rings is 2. The molecule has 2 spiro atoms. The van der Waals surface area contributed by atoms with E-state index in [2.05, 4.69) is 98.4 Å². The second-order valence-electron chi connectivity index (χ2n) is 17.9. The summed E-state index contributed by atoms with van der Waals surface area (Å²) in [6, 6.07) is 19.3. The molecule has 238 valence electrons. The largest absolute Gasteiger partial charge is 0.369 e. The lowest BCUT2D eigenvalue weighted by molar-refractivity contribution is -0.925. The molecule has 8 fully saturated rings. The molecular weight excluding hydrogens is 568 g/mol. The van der Waals surface area contributed by atoms with Gasteiger partial charge in [0.2, 0.25) is 0 Å². The molecule has 2 aliphatic carbocycles. The fourth-order valence-electron chi connectivity index (χ4n) is 16.1. The number of likely N-dealkylation sites (N-methyl/N-ethyl adjacent to an activating group) is 2. The fraction of sp³-hybridized carbons (Fsp3) is 0.600. The van der Waals surface area contributed by atoms with E-state index in [1.807, 2.05) is 0 Å². The first-order valence-electron chi connectivity index (χ1n) is 18.4. The molecule has 2 aromatic rings. The lowest BCUT2D eigenvalue weighted by Gasteiger charge is -2.62. The lowest BCUT2D eigenvalue weighted by atomic mass is 9.52. The van der Waals surface area contributed by atoms with Gasteiger partial charge in [-0.3, -0.25) is 0 Å². The molecule has 6 heteroatoms. The number of allylic oxidation sites excluding steroid dienone is 2. The van der Waals surface area contributed by atoms with E-state index in [0.717, 1.165) is 60.8 Å². The Balaban J connectivity index is 1.20. The van der Waals surface area contributed by atoms with Gasteiger partial charge in [0, 0.05) is 60.7 Å². The maximum absolute atomic E-state index is 14.2. The van der Waals surface area contributed by atoms with Crippen LogP contribution >= 0.6 is 0 Å². The molecule has 0 radical (unpaired) electrons. The van der Waals surface area contributed by atoms with Gasteiger partial charge in [0.1, 0.15) is 36.0 Å². The third-order valence-electron chi connectivity index (χ3n) is 17.2. The van der Waals surface area contributed by atoms with Gasteiger partial charge in [-0.1, -0.05) is 48.6 Å². The maximum Gasteiger partial charge on any atom is 0.159 e. The van der Waals surface area contributed by atoms with Crippen LogP contribution < -0.4 is 9.80 Å². The highest BCUT2D eigenvalue weighted by molar-refractivity contribution is 5.78. The van der Waals surface area contributed by atoms with Gasteiger partial charge in [-0.2, -0.15) is 0 Å². The zero-order chi connectivity index (χ0) is 31.0. The predicted molar refractivity (Wildman–Crippen MR) is 178 cm³/mol. The Hall–Kier alpha value is -2.64. The normalized spacial score (nSPS) is 56.7. The van der Waals surface area contributed by atoms with Crippen molar-refractivity contribution in [2.45, 2.75) is 86.0 Å². The van der Waals surface area contributed by atoms with Crippen molar-refractivity contribution >= 4 is 11.4 Å². The molecule has 8 aliphatic heterocycles. The van der Waals surface area contributed by atoms with Crippen LogP contribution in [0, 0.1) is 23.7 Å². The van der Waals surface area contributed by atoms with Crippen molar-refractivity contribution in [3.05, 3.63) is 83.0 Å². The highest BCUT2D eigenvalue weighted by Gasteiger charge is 2.91. The maximum atomic E-state index is 14.2. The fourth-order valence-corrected chi connectivity index (χ4v) is 16.1. The summed E-state index contributed by atoms with van der Waals surface area (Å²) < 4.78 is 2.10. The number of rotatable bonds is 0. The molecule has 10 aliphatic rings. The minimum absolute atomic E-state index is 0.0354. The summed E-state index contributed by atoms with van der Waals surface area (Å²) in [4.78, 5) is 5.24. The third kappa shape index (κ3) is 2.14. The Morgan fingerprint density at radius 1 is 0.674 bits per heavy atom. The summed E-state index contributed by atoms with van der Waals surface area (Å²) in [5.41, 5.74) is 5.92. The van der Waals surface area contributed by atoms with Crippen molar-refractivity contribution in [3.8, 4) is 0 Å². The number of quaternary nitrogens is 2. The van der Waals surface area contributed by atoms with Crippen LogP contribution in [0.5, 0.6) is 0 Å². The van der Waals surface area contributed by atoms with Crippen LogP contribution in [0.2, 0.25) is 0 Å². The molecule has 2 N–H and O–H groups in total. The summed E-state index contributed by atoms with van der Waals surface area (Å²) in [7, 11) is 4.97. The molecule has 2 saturated carbocycles. The topological polar surface area (TPSA) is 46.9 Å². The van der Waals surface area contributed by atoms with Crippen LogP contribution in [0.25, 0.3) is 0 Å². The number of hydrogen-bond acceptors (Lipinski definition) is 4. The van der Waals surface area contributed by atoms with Crippen molar-refractivity contribution < 1.29 is 19.2 Å². The molecule has 12 rings (SSSR count). The zero-order valence-electron chi connectivity index (χ0n) is 27.7. The molecule has 46 heavy (non-hydrogen) atoms. The first-order chi connectivity index (χ1) is 22.2. The quantitative estimate of drug-likeness (QED) is 0.343. The molecule has 6 nitrogen and oxygen atoms in total. The smallest absolute Gasteiger partial charge is 0.159 e. The van der Waals surface area contributed by atoms with E-state index < -0.39 is 11.4 Å². The summed E-state index contributed by atoms with van der Waals surface area (Å²) in [6.45, 7) is 8.92. The highest BCUT2D eigenvalue weighted by Crippen LogP contribution is 2.80. The van der Waals surface area contributed by atoms with Crippen molar-refractivity contribution in [1.82, 2.24) is 0 Å². The van der Waals surface area contributed by atoms with Crippen LogP contribution in [0.1, 0.15) is 50.7 Å². The van der Waals surface area contributed by atoms with Gasteiger partial charge in [-0.25, -0.2) is 0 Å². The van der Waals surface area contributed by atoms with Gasteiger partial charge in [0.25, 0.3) is 0 Å². The number of nitrogens with zero attached hydrogens (tertiary/aromatic N) is 4. The van der Waals surface area contributed by atoms with E-state index in [0.29, 0.717) is 23.9 Å². The minimum Gasteiger partial charge on any atom is -0.369 e. The third-order valence-corrected chi connectivity index (χ3v) is 17.2. The Bertz CT molecular complexity index is 1740. The number of anilines is 2. The van der Waals surface area contributed by atoms with Gasteiger partial charge in [0.05, 0.1) is 39.3 Å². The molecule has 14 atom stereocenters. The van der Waals surface area contributed by atoms with Crippen molar-refractivity contribution in [2.24, 2.45) is 23.7 Å². The van der Waals surface area contributed by atoms with E-state index in [1.165, 1.54) is 22.5 Å². The second-order valence-corrected chi connectivity index (χ2v) is 17.9. The standard InChI is InChI=1S/C40H48N4O2/c1-5-23-21-43(3)17-15-37-27-11-7-10-14-30(27)42-36-34-26-20-32-38(16-18-44(32,4)22-24(26)6-2)28-12-8-9-13-29(28)41(40(34,38)46)35(36)33(39(37,42)45)25(23)19-31(37)43/h5-14,25-26,31-36,45-46H,15-22H2,1-4H3/q+2/b23-5-,24-6-/t25-,26-,31?,32?,33+,34+,35?,36?,37+,38+,39+,40+,43-,44-/m0/s1. The van der Waals surface area contributed by atoms with E-state index in [-0.39, 0.29) is 34.7 Å².